The van der Waals surface area contributed by atoms with Crippen LogP contribution < -0.4 is 0 Å². The fourth-order valence-corrected chi connectivity index (χ4v) is 5.83. The lowest BCUT2D eigenvalue weighted by molar-refractivity contribution is -0.174. The summed E-state index contributed by atoms with van der Waals surface area (Å²) in [5, 5.41) is 3.95. The monoisotopic (exact) mass is 623 g/mol. The van der Waals surface area contributed by atoms with Gasteiger partial charge in [-0.3, -0.25) is 14.6 Å². The van der Waals surface area contributed by atoms with Gasteiger partial charge < -0.3 is 9.64 Å². The number of fused-ring (bicyclic) bond motifs is 4. The number of likely N-dealkylation sites (N-methyl/N-ethyl adjacent to an activating group) is 1. The summed E-state index contributed by atoms with van der Waals surface area (Å²) in [6.07, 6.45) is 8.99. The highest BCUT2D eigenvalue weighted by Crippen LogP contribution is 2.35. The standard InChI is InChI=1S/C14H10F2S.C13H17N3O2.C5H10O.C3H6/c15-12-6-5-9-7-10-3-1-2-4-13(10)17-8-11(9)14(12)16;1-9-4-5-16-12(10(9)2)13(17)15-6-7-18-8-11(15)14(16)3;1-4(2)5(3)6;1-2-3-1/h1-6H,7-8H2;4-5,11H,1,6-8H2,2-3H3;4H,1-3H3;1-3H2. The van der Waals surface area contributed by atoms with Crippen molar-refractivity contribution >= 4 is 23.5 Å². The van der Waals surface area contributed by atoms with E-state index >= 15 is 0 Å². The lowest BCUT2D eigenvalue weighted by Crippen LogP contribution is -2.65. The maximum absolute atomic E-state index is 13.7. The zero-order valence-electron chi connectivity index (χ0n) is 26.4. The number of hydrazine groups is 1. The van der Waals surface area contributed by atoms with Crippen molar-refractivity contribution in [3.63, 3.8) is 0 Å². The molecule has 9 heteroatoms. The number of nitrogens with zero attached hydrogens (tertiary/aromatic N) is 3. The van der Waals surface area contributed by atoms with Crippen LogP contribution in [0, 0.1) is 17.6 Å². The number of thioether (sulfide) groups is 1. The smallest absolute Gasteiger partial charge is 0.273 e. The molecule has 0 aromatic heterocycles. The van der Waals surface area contributed by atoms with Crippen LogP contribution in [0.2, 0.25) is 0 Å². The number of Topliss-reactive ketones (excluding diaryl/α,β-unsaturated/α-hetero) is 1. The summed E-state index contributed by atoms with van der Waals surface area (Å²) in [6, 6.07) is 10.9. The second-order valence-corrected chi connectivity index (χ2v) is 12.7. The fraction of sp³-hybridized carbons (Fsp3) is 0.429. The average molecular weight is 624 g/mol. The van der Waals surface area contributed by atoms with E-state index in [1.165, 1.54) is 30.9 Å². The SMILES string of the molecule is C1CC1.C=C1C=CN2C(=C1C)C(=O)N1CCOCC1N2C.CC(=O)C(C)C.Fc1ccc2c(c1F)CSc1ccccc1C2. The molecule has 1 saturated carbocycles. The van der Waals surface area contributed by atoms with Gasteiger partial charge in [0.15, 0.2) is 11.6 Å². The first kappa shape index (κ1) is 33.6. The molecular weight excluding hydrogens is 580 g/mol. The quantitative estimate of drug-likeness (QED) is 0.334. The summed E-state index contributed by atoms with van der Waals surface area (Å²) in [7, 11) is 1.98. The molecule has 44 heavy (non-hydrogen) atoms. The number of morpholine rings is 1. The van der Waals surface area contributed by atoms with E-state index in [1.807, 2.05) is 79.3 Å². The molecule has 0 radical (unpaired) electrons. The Bertz CT molecular complexity index is 1450. The highest BCUT2D eigenvalue weighted by molar-refractivity contribution is 7.98. The van der Waals surface area contributed by atoms with Gasteiger partial charge >= 0.3 is 0 Å². The summed E-state index contributed by atoms with van der Waals surface area (Å²) in [4.78, 5) is 25.7. The molecule has 0 spiro atoms. The number of carbonyl (C=O) groups is 2. The molecule has 6 nitrogen and oxygen atoms in total. The van der Waals surface area contributed by atoms with E-state index in [2.05, 4.69) is 6.58 Å². The molecule has 2 saturated heterocycles. The Morgan fingerprint density at radius 3 is 2.43 bits per heavy atom. The summed E-state index contributed by atoms with van der Waals surface area (Å²) in [5.41, 5.74) is 5.13. The third-order valence-corrected chi connectivity index (χ3v) is 9.15. The van der Waals surface area contributed by atoms with Gasteiger partial charge in [-0.2, -0.15) is 5.01 Å². The number of carbonyl (C=O) groups excluding carboxylic acids is 2. The van der Waals surface area contributed by atoms with Crippen LogP contribution in [-0.2, 0) is 26.5 Å². The molecule has 1 atom stereocenters. The largest absolute Gasteiger partial charge is 0.376 e. The Hall–Kier alpha value is -3.27. The Morgan fingerprint density at radius 1 is 1.09 bits per heavy atom. The highest BCUT2D eigenvalue weighted by Gasteiger charge is 2.42. The predicted octanol–water partition coefficient (Wildman–Crippen LogP) is 7.25. The molecule has 2 aromatic carbocycles. The van der Waals surface area contributed by atoms with Crippen LogP contribution in [0.15, 0.2) is 77.0 Å². The third-order valence-electron chi connectivity index (χ3n) is 8.01. The molecule has 236 valence electrons. The van der Waals surface area contributed by atoms with Crippen molar-refractivity contribution < 1.29 is 23.1 Å². The fourth-order valence-electron chi connectivity index (χ4n) is 4.72. The molecule has 5 aliphatic rings. The first-order chi connectivity index (χ1) is 21.0. The van der Waals surface area contributed by atoms with Gasteiger partial charge in [-0.05, 0) is 60.8 Å². The van der Waals surface area contributed by atoms with Gasteiger partial charge in [0, 0.05) is 41.9 Å². The van der Waals surface area contributed by atoms with E-state index in [-0.39, 0.29) is 23.8 Å². The molecule has 3 fully saturated rings. The number of allylic oxidation sites excluding steroid dienone is 3. The Morgan fingerprint density at radius 2 is 1.77 bits per heavy atom. The molecule has 1 aliphatic carbocycles. The van der Waals surface area contributed by atoms with Crippen molar-refractivity contribution in [1.29, 1.82) is 0 Å². The molecule has 4 heterocycles. The molecular formula is C35H43F2N3O3S. The van der Waals surface area contributed by atoms with Gasteiger partial charge in [-0.1, -0.05) is 64.0 Å². The molecule has 2 aromatic rings. The van der Waals surface area contributed by atoms with Crippen molar-refractivity contribution in [2.45, 2.75) is 70.2 Å². The van der Waals surface area contributed by atoms with Crippen LogP contribution >= 0.6 is 11.8 Å². The van der Waals surface area contributed by atoms with E-state index in [4.69, 9.17) is 4.74 Å². The summed E-state index contributed by atoms with van der Waals surface area (Å²) in [6.45, 7) is 13.1. The van der Waals surface area contributed by atoms with Crippen molar-refractivity contribution in [2.24, 2.45) is 5.92 Å². The second kappa shape index (κ2) is 15.1. The lowest BCUT2D eigenvalue weighted by atomic mass is 10.0. The van der Waals surface area contributed by atoms with Crippen LogP contribution in [0.3, 0.4) is 0 Å². The van der Waals surface area contributed by atoms with Gasteiger partial charge in [-0.15, -0.1) is 11.8 Å². The van der Waals surface area contributed by atoms with E-state index in [0.29, 0.717) is 43.2 Å². The molecule has 0 N–H and O–H groups in total. The van der Waals surface area contributed by atoms with Crippen molar-refractivity contribution in [3.05, 3.63) is 100 Å². The van der Waals surface area contributed by atoms with Gasteiger partial charge in [0.25, 0.3) is 5.91 Å². The Kier molecular flexibility index (Phi) is 11.6. The average Bonchev–Trinajstić information content (AvgIpc) is 3.91. The molecule has 1 unspecified atom stereocenters. The minimum atomic E-state index is -0.754. The maximum Gasteiger partial charge on any atom is 0.273 e. The zero-order chi connectivity index (χ0) is 32.0. The van der Waals surface area contributed by atoms with Gasteiger partial charge in [0.1, 0.15) is 17.6 Å². The Labute approximate surface area is 264 Å². The van der Waals surface area contributed by atoms with Gasteiger partial charge in [0.05, 0.1) is 13.2 Å². The highest BCUT2D eigenvalue weighted by atomic mass is 32.2. The van der Waals surface area contributed by atoms with Crippen LogP contribution in [0.25, 0.3) is 0 Å². The summed E-state index contributed by atoms with van der Waals surface area (Å²) >= 11 is 1.57. The number of ether oxygens (including phenoxy) is 1. The maximum atomic E-state index is 13.7. The van der Waals surface area contributed by atoms with Crippen molar-refractivity contribution in [3.8, 4) is 0 Å². The molecule has 1 amide bonds. The molecule has 0 bridgehead atoms. The van der Waals surface area contributed by atoms with Gasteiger partial charge in [0.2, 0.25) is 0 Å². The molecule has 4 aliphatic heterocycles. The minimum Gasteiger partial charge on any atom is -0.376 e. The summed E-state index contributed by atoms with van der Waals surface area (Å²) < 4.78 is 32.3. The zero-order valence-corrected chi connectivity index (χ0v) is 27.2. The first-order valence-corrected chi connectivity index (χ1v) is 16.2. The molecule has 7 rings (SSSR count). The van der Waals surface area contributed by atoms with Crippen LogP contribution in [0.4, 0.5) is 8.78 Å². The number of halogens is 2. The van der Waals surface area contributed by atoms with Gasteiger partial charge in [-0.25, -0.2) is 8.78 Å². The van der Waals surface area contributed by atoms with Crippen LogP contribution in [0.5, 0.6) is 0 Å². The number of hydrogen-bond acceptors (Lipinski definition) is 6. The number of ketones is 1. The second-order valence-electron chi connectivity index (χ2n) is 11.7. The third kappa shape index (κ3) is 8.06. The van der Waals surface area contributed by atoms with Crippen molar-refractivity contribution in [1.82, 2.24) is 14.9 Å². The van der Waals surface area contributed by atoms with E-state index in [0.717, 1.165) is 21.6 Å². The summed E-state index contributed by atoms with van der Waals surface area (Å²) in [5.74, 6) is -0.404. The Balaban J connectivity index is 0.000000158. The van der Waals surface area contributed by atoms with Crippen LogP contribution in [-0.4, -0.2) is 59.6 Å². The van der Waals surface area contributed by atoms with E-state index in [1.54, 1.807) is 24.8 Å². The minimum absolute atomic E-state index is 0.0150. The number of hydrogen-bond donors (Lipinski definition) is 0. The van der Waals surface area contributed by atoms with E-state index < -0.39 is 11.6 Å². The lowest BCUT2D eigenvalue weighted by Gasteiger charge is -2.51. The topological polar surface area (TPSA) is 53.1 Å². The van der Waals surface area contributed by atoms with Crippen molar-refractivity contribution in [2.75, 3.05) is 26.8 Å². The number of benzene rings is 2. The first-order valence-electron chi connectivity index (χ1n) is 15.2. The van der Waals surface area contributed by atoms with E-state index in [9.17, 15) is 18.4 Å². The normalized spacial score (nSPS) is 20.0. The number of rotatable bonds is 1. The predicted molar refractivity (Wildman–Crippen MR) is 171 cm³/mol. The number of amides is 1. The van der Waals surface area contributed by atoms with Crippen LogP contribution in [0.1, 0.15) is 63.6 Å².